The van der Waals surface area contributed by atoms with Crippen LogP contribution >= 0.6 is 15.6 Å². The zero-order chi connectivity index (χ0) is 86.5. The van der Waals surface area contributed by atoms with Crippen LogP contribution in [0.1, 0.15) is 393 Å². The molecule has 0 aliphatic carbocycles. The number of carbonyl (C=O) groups excluding carboxylic acids is 3. The standard InChI is InChI=1S/C101H172O16P2/c1-4-7-10-13-16-19-22-25-28-31-34-37-40-42-44-45-46-47-48-49-51-53-55-57-60-63-66-69-72-75-78-81-84-87-99(104)111-90-96(102)91-113-118(107,108)114-92-97(103)93-115-119(109,110)116-95-98(117-101(106)89-86-83-80-77-74-71-68-65-62-59-54-39-36-33-30-27-24-21-18-15-12-9-6-3)94-112-100(105)88-85-82-79-76-73-70-67-64-61-58-56-52-50-43-41-38-35-32-29-26-23-20-17-14-11-8-5-2/h8,11,16-21,25-30,34-39,42-44,50,56,58-59,62,96-98,102-103H,4-7,9-10,12-15,22-24,31-33,40-41,45-49,51-55,57,60-61,63-95H2,1-3H3,(H,107,108)(H,109,110)/b11-8-,19-16-,20-17-,21-18-,28-25-,29-26-,30-27-,37-34-,38-35-,39-36-,44-42-,50-43-,58-56-,62-59-. The number of unbranched alkanes of at least 4 members (excludes halogenated alkanes) is 38. The van der Waals surface area contributed by atoms with Crippen LogP contribution in [0.25, 0.3) is 0 Å². The Balaban J connectivity index is 4.60. The van der Waals surface area contributed by atoms with E-state index < -0.39 is 91.5 Å². The molecule has 18 heteroatoms. The van der Waals surface area contributed by atoms with E-state index in [9.17, 15) is 43.5 Å². The van der Waals surface area contributed by atoms with Gasteiger partial charge in [-0.25, -0.2) is 9.13 Å². The van der Waals surface area contributed by atoms with Crippen LogP contribution in [0.15, 0.2) is 170 Å². The predicted molar refractivity (Wildman–Crippen MR) is 500 cm³/mol. The Hall–Kier alpha value is -5.09. The summed E-state index contributed by atoms with van der Waals surface area (Å²) in [5.74, 6) is -1.59. The summed E-state index contributed by atoms with van der Waals surface area (Å²) in [7, 11) is -9.82. The summed E-state index contributed by atoms with van der Waals surface area (Å²) in [5.41, 5.74) is 0. The lowest BCUT2D eigenvalue weighted by molar-refractivity contribution is -0.161. The van der Waals surface area contributed by atoms with E-state index in [2.05, 4.69) is 191 Å². The first kappa shape index (κ1) is 114. The van der Waals surface area contributed by atoms with E-state index >= 15 is 0 Å². The van der Waals surface area contributed by atoms with Gasteiger partial charge in [0.25, 0.3) is 0 Å². The van der Waals surface area contributed by atoms with Gasteiger partial charge in [0.15, 0.2) is 6.10 Å². The topological polar surface area (TPSA) is 231 Å². The molecular formula is C101H172O16P2. The van der Waals surface area contributed by atoms with Crippen LogP contribution in [-0.2, 0) is 55.8 Å². The molecule has 0 saturated carbocycles. The van der Waals surface area contributed by atoms with Crippen LogP contribution in [0.4, 0.5) is 0 Å². The fourth-order valence-corrected chi connectivity index (χ4v) is 14.3. The summed E-state index contributed by atoms with van der Waals surface area (Å²) in [6.45, 7) is 2.53. The number of ether oxygens (including phenoxy) is 3. The summed E-state index contributed by atoms with van der Waals surface area (Å²) in [6.07, 6.45) is 120. The highest BCUT2D eigenvalue weighted by molar-refractivity contribution is 7.47. The van der Waals surface area contributed by atoms with Crippen LogP contribution in [0.5, 0.6) is 0 Å². The van der Waals surface area contributed by atoms with Crippen molar-refractivity contribution in [1.29, 1.82) is 0 Å². The van der Waals surface area contributed by atoms with Crippen molar-refractivity contribution in [2.24, 2.45) is 0 Å². The average molecular weight is 1700 g/mol. The Labute approximate surface area is 726 Å². The van der Waals surface area contributed by atoms with Crippen molar-refractivity contribution in [3.63, 3.8) is 0 Å². The van der Waals surface area contributed by atoms with E-state index in [1.165, 1.54) is 148 Å². The summed E-state index contributed by atoms with van der Waals surface area (Å²) in [6, 6.07) is 0. The van der Waals surface area contributed by atoms with E-state index in [1.807, 2.05) is 0 Å². The van der Waals surface area contributed by atoms with Gasteiger partial charge in [0, 0.05) is 19.3 Å². The van der Waals surface area contributed by atoms with Gasteiger partial charge in [-0.15, -0.1) is 0 Å². The van der Waals surface area contributed by atoms with Gasteiger partial charge in [-0.1, -0.05) is 384 Å². The fraction of sp³-hybridized carbons (Fsp3) is 0.693. The molecule has 0 aliphatic rings. The van der Waals surface area contributed by atoms with Crippen LogP contribution in [-0.4, -0.2) is 95.9 Å². The van der Waals surface area contributed by atoms with E-state index in [0.717, 1.165) is 186 Å². The van der Waals surface area contributed by atoms with Crippen molar-refractivity contribution in [1.82, 2.24) is 0 Å². The number of phosphoric ester groups is 2. The normalized spacial score (nSPS) is 14.5. The first-order valence-corrected chi connectivity index (χ1v) is 50.4. The maximum absolute atomic E-state index is 13.1. The van der Waals surface area contributed by atoms with Gasteiger partial charge in [0.1, 0.15) is 25.4 Å². The van der Waals surface area contributed by atoms with E-state index in [-0.39, 0.29) is 19.3 Å². The predicted octanol–water partition coefficient (Wildman–Crippen LogP) is 29.4. The summed E-state index contributed by atoms with van der Waals surface area (Å²) >= 11 is 0. The average Bonchev–Trinajstić information content (AvgIpc) is 0.902. The molecule has 0 aromatic rings. The van der Waals surface area contributed by atoms with E-state index in [1.54, 1.807) is 0 Å². The van der Waals surface area contributed by atoms with Crippen molar-refractivity contribution in [2.45, 2.75) is 411 Å². The SMILES string of the molecule is CC/C=C\C/C=C\C/C=C\C/C=C\C/C=C\C/C=C\CCCCCCCCCCC(=O)OCC(COP(=O)(O)OCC(O)COP(=O)(O)OCC(O)COC(=O)CCCCCCCCCCCCCCCCCCC/C=C\C/C=C\C/C=C\C/C=C\CCCCC)OC(=O)CCCCCCCCC/C=C\C/C=C\C/C=C\C/C=C\CCCCC. The molecule has 0 aromatic heterocycles. The molecule has 5 unspecified atom stereocenters. The second-order valence-electron chi connectivity index (χ2n) is 31.4. The van der Waals surface area contributed by atoms with Crippen molar-refractivity contribution in [2.75, 3.05) is 39.6 Å². The Morgan fingerprint density at radius 1 is 0.244 bits per heavy atom. The Bertz CT molecular complexity index is 2840. The maximum Gasteiger partial charge on any atom is 0.472 e. The second-order valence-corrected chi connectivity index (χ2v) is 34.3. The molecule has 0 heterocycles. The zero-order valence-electron chi connectivity index (χ0n) is 75.2. The third-order valence-electron chi connectivity index (χ3n) is 19.9. The minimum Gasteiger partial charge on any atom is -0.463 e. The van der Waals surface area contributed by atoms with Gasteiger partial charge in [0.05, 0.1) is 26.4 Å². The molecule has 0 aromatic carbocycles. The fourth-order valence-electron chi connectivity index (χ4n) is 12.7. The lowest BCUT2D eigenvalue weighted by atomic mass is 10.0. The lowest BCUT2D eigenvalue weighted by Gasteiger charge is -2.21. The molecule has 0 amide bonds. The molecule has 0 rings (SSSR count). The van der Waals surface area contributed by atoms with Crippen LogP contribution < -0.4 is 0 Å². The summed E-state index contributed by atoms with van der Waals surface area (Å²) < 4.78 is 61.5. The minimum atomic E-state index is -4.95. The number of aliphatic hydroxyl groups is 2. The highest BCUT2D eigenvalue weighted by Crippen LogP contribution is 2.45. The van der Waals surface area contributed by atoms with E-state index in [0.29, 0.717) is 19.3 Å². The number of aliphatic hydroxyl groups excluding tert-OH is 2. The molecule has 0 spiro atoms. The molecule has 5 atom stereocenters. The highest BCUT2D eigenvalue weighted by atomic mass is 31.2. The Morgan fingerprint density at radius 3 is 0.706 bits per heavy atom. The van der Waals surface area contributed by atoms with Gasteiger partial charge >= 0.3 is 33.6 Å². The molecule has 119 heavy (non-hydrogen) atoms. The maximum atomic E-state index is 13.1. The smallest absolute Gasteiger partial charge is 0.463 e. The minimum absolute atomic E-state index is 0.0853. The summed E-state index contributed by atoms with van der Waals surface area (Å²) in [4.78, 5) is 59.1. The van der Waals surface area contributed by atoms with Crippen LogP contribution in [0.2, 0.25) is 0 Å². The molecule has 0 bridgehead atoms. The molecule has 0 radical (unpaired) electrons. The molecule has 682 valence electrons. The quantitative estimate of drug-likeness (QED) is 0.0146. The van der Waals surface area contributed by atoms with Crippen LogP contribution in [0, 0.1) is 0 Å². The number of rotatable bonds is 89. The molecule has 0 saturated heterocycles. The Kier molecular flexibility index (Phi) is 88.2. The molecule has 0 fully saturated rings. The lowest BCUT2D eigenvalue weighted by Crippen LogP contribution is -2.30. The van der Waals surface area contributed by atoms with Crippen LogP contribution in [0.3, 0.4) is 0 Å². The molecule has 4 N–H and O–H groups in total. The van der Waals surface area contributed by atoms with Gasteiger partial charge in [0.2, 0.25) is 0 Å². The second kappa shape index (κ2) is 92.1. The number of hydrogen-bond acceptors (Lipinski definition) is 14. The first-order valence-electron chi connectivity index (χ1n) is 47.4. The van der Waals surface area contributed by atoms with Crippen molar-refractivity contribution >= 4 is 33.6 Å². The van der Waals surface area contributed by atoms with E-state index in [4.69, 9.17) is 32.3 Å². The largest absolute Gasteiger partial charge is 0.472 e. The van der Waals surface area contributed by atoms with Gasteiger partial charge < -0.3 is 34.2 Å². The Morgan fingerprint density at radius 2 is 0.445 bits per heavy atom. The van der Waals surface area contributed by atoms with Gasteiger partial charge in [-0.2, -0.15) is 0 Å². The molecule has 16 nitrogen and oxygen atoms in total. The number of allylic oxidation sites excluding steroid dienone is 28. The third-order valence-corrected chi connectivity index (χ3v) is 21.8. The van der Waals surface area contributed by atoms with Gasteiger partial charge in [-0.3, -0.25) is 32.5 Å². The monoisotopic (exact) mass is 1700 g/mol. The van der Waals surface area contributed by atoms with Crippen molar-refractivity contribution < 1.29 is 75.8 Å². The number of esters is 3. The first-order chi connectivity index (χ1) is 58.2. The number of carbonyl (C=O) groups is 3. The highest BCUT2D eigenvalue weighted by Gasteiger charge is 2.29. The number of phosphoric acid groups is 2. The zero-order valence-corrected chi connectivity index (χ0v) is 77.0. The van der Waals surface area contributed by atoms with Gasteiger partial charge in [-0.05, 0) is 161 Å². The molecule has 0 aliphatic heterocycles. The summed E-state index contributed by atoms with van der Waals surface area (Å²) in [5, 5.41) is 20.8. The molecular weight excluding hydrogens is 1530 g/mol. The van der Waals surface area contributed by atoms with Crippen molar-refractivity contribution in [3.8, 4) is 0 Å². The number of hydrogen-bond donors (Lipinski definition) is 4. The third kappa shape index (κ3) is 93.5. The van der Waals surface area contributed by atoms with Crippen molar-refractivity contribution in [3.05, 3.63) is 170 Å².